The Balaban J connectivity index is 1.54. The van der Waals surface area contributed by atoms with Crippen molar-refractivity contribution in [3.8, 4) is 11.5 Å². The Bertz CT molecular complexity index is 912. The van der Waals surface area contributed by atoms with E-state index in [1.807, 2.05) is 79.7 Å². The molecule has 3 rings (SSSR count). The summed E-state index contributed by atoms with van der Waals surface area (Å²) < 4.78 is 17.0. The van der Waals surface area contributed by atoms with Gasteiger partial charge in [0.15, 0.2) is 18.1 Å². The second-order valence-corrected chi connectivity index (χ2v) is 6.40. The van der Waals surface area contributed by atoms with Gasteiger partial charge in [-0.05, 0) is 42.3 Å². The third-order valence-electron chi connectivity index (χ3n) is 4.13. The van der Waals surface area contributed by atoms with Crippen LogP contribution in [0.3, 0.4) is 0 Å². The molecular weight excluding hydrogens is 366 g/mol. The summed E-state index contributed by atoms with van der Waals surface area (Å²) in [7, 11) is 0. The van der Waals surface area contributed by atoms with E-state index in [4.69, 9.17) is 14.2 Å². The average molecular weight is 391 g/mol. The van der Waals surface area contributed by atoms with Crippen molar-refractivity contribution in [1.29, 1.82) is 0 Å². The van der Waals surface area contributed by atoms with E-state index in [9.17, 15) is 4.79 Å². The van der Waals surface area contributed by atoms with Gasteiger partial charge in [-0.25, -0.2) is 0 Å². The first-order chi connectivity index (χ1) is 14.2. The van der Waals surface area contributed by atoms with Gasteiger partial charge in [0.2, 0.25) is 0 Å². The van der Waals surface area contributed by atoms with Gasteiger partial charge in [-0.3, -0.25) is 4.79 Å². The predicted octanol–water partition coefficient (Wildman–Crippen LogP) is 4.82. The van der Waals surface area contributed by atoms with E-state index in [2.05, 4.69) is 5.32 Å². The first-order valence-corrected chi connectivity index (χ1v) is 9.59. The third kappa shape index (κ3) is 6.66. The molecule has 0 atom stereocenters. The van der Waals surface area contributed by atoms with E-state index in [0.717, 1.165) is 11.1 Å². The number of hydrogen-bond donors (Lipinski definition) is 1. The fraction of sp³-hybridized carbons (Fsp3) is 0.208. The first kappa shape index (κ1) is 20.4. The van der Waals surface area contributed by atoms with Crippen LogP contribution in [-0.4, -0.2) is 19.1 Å². The van der Waals surface area contributed by atoms with Gasteiger partial charge in [-0.2, -0.15) is 0 Å². The Labute approximate surface area is 171 Å². The molecule has 0 saturated carbocycles. The van der Waals surface area contributed by atoms with Crippen molar-refractivity contribution in [2.24, 2.45) is 0 Å². The minimum atomic E-state index is -0.239. The van der Waals surface area contributed by atoms with Crippen LogP contribution in [0.2, 0.25) is 0 Å². The number of carbonyl (C=O) groups is 1. The van der Waals surface area contributed by atoms with E-state index in [0.29, 0.717) is 37.0 Å². The molecule has 0 saturated heterocycles. The Hall–Kier alpha value is -3.31. The lowest BCUT2D eigenvalue weighted by molar-refractivity contribution is -0.118. The number of amides is 1. The zero-order chi connectivity index (χ0) is 20.3. The van der Waals surface area contributed by atoms with Crippen molar-refractivity contribution in [3.63, 3.8) is 0 Å². The number of carbonyl (C=O) groups excluding carboxylic acids is 1. The normalized spacial score (nSPS) is 10.4. The quantitative estimate of drug-likeness (QED) is 0.538. The molecule has 3 aromatic rings. The van der Waals surface area contributed by atoms with Crippen LogP contribution < -0.4 is 14.8 Å². The van der Waals surface area contributed by atoms with Crippen LogP contribution in [0.4, 0.5) is 5.69 Å². The van der Waals surface area contributed by atoms with E-state index in [1.54, 1.807) is 6.07 Å². The molecule has 0 unspecified atom stereocenters. The maximum absolute atomic E-state index is 12.3. The van der Waals surface area contributed by atoms with Crippen molar-refractivity contribution in [2.45, 2.75) is 20.1 Å². The summed E-state index contributed by atoms with van der Waals surface area (Å²) in [6.07, 6.45) is 0. The largest absolute Gasteiger partial charge is 0.485 e. The average Bonchev–Trinajstić information content (AvgIpc) is 2.76. The summed E-state index contributed by atoms with van der Waals surface area (Å²) in [5.74, 6) is 0.892. The SMILES string of the molecule is CCOCc1cccc(NC(=O)COc2ccccc2OCc2ccccc2)c1. The summed E-state index contributed by atoms with van der Waals surface area (Å²) in [5, 5.41) is 2.85. The maximum Gasteiger partial charge on any atom is 0.262 e. The van der Waals surface area contributed by atoms with Gasteiger partial charge in [0.25, 0.3) is 5.91 Å². The smallest absolute Gasteiger partial charge is 0.262 e. The topological polar surface area (TPSA) is 56.8 Å². The van der Waals surface area contributed by atoms with E-state index in [-0.39, 0.29) is 12.5 Å². The summed E-state index contributed by atoms with van der Waals surface area (Å²) in [5.41, 5.74) is 2.78. The van der Waals surface area contributed by atoms with E-state index in [1.165, 1.54) is 0 Å². The summed E-state index contributed by atoms with van der Waals surface area (Å²) >= 11 is 0. The van der Waals surface area contributed by atoms with Gasteiger partial charge < -0.3 is 19.5 Å². The number of rotatable bonds is 10. The van der Waals surface area contributed by atoms with Crippen LogP contribution in [0.5, 0.6) is 11.5 Å². The molecule has 29 heavy (non-hydrogen) atoms. The molecule has 1 amide bonds. The molecule has 0 aliphatic heterocycles. The second-order valence-electron chi connectivity index (χ2n) is 6.40. The molecule has 0 radical (unpaired) electrons. The highest BCUT2D eigenvalue weighted by Crippen LogP contribution is 2.27. The Morgan fingerprint density at radius 3 is 2.24 bits per heavy atom. The van der Waals surface area contributed by atoms with Crippen LogP contribution in [-0.2, 0) is 22.7 Å². The molecule has 5 heteroatoms. The molecule has 1 N–H and O–H groups in total. The number of anilines is 1. The molecule has 150 valence electrons. The zero-order valence-corrected chi connectivity index (χ0v) is 16.5. The van der Waals surface area contributed by atoms with Gasteiger partial charge in [-0.1, -0.05) is 54.6 Å². The van der Waals surface area contributed by atoms with Gasteiger partial charge in [-0.15, -0.1) is 0 Å². The maximum atomic E-state index is 12.3. The van der Waals surface area contributed by atoms with Crippen LogP contribution in [0, 0.1) is 0 Å². The van der Waals surface area contributed by atoms with Gasteiger partial charge >= 0.3 is 0 Å². The van der Waals surface area contributed by atoms with Crippen molar-refractivity contribution < 1.29 is 19.0 Å². The van der Waals surface area contributed by atoms with Crippen LogP contribution in [0.15, 0.2) is 78.9 Å². The lowest BCUT2D eigenvalue weighted by Gasteiger charge is -2.13. The number of hydrogen-bond acceptors (Lipinski definition) is 4. The summed E-state index contributed by atoms with van der Waals surface area (Å²) in [6.45, 7) is 3.44. The number of benzene rings is 3. The molecule has 5 nitrogen and oxygen atoms in total. The van der Waals surface area contributed by atoms with Crippen molar-refractivity contribution in [2.75, 3.05) is 18.5 Å². The molecule has 0 aliphatic rings. The Morgan fingerprint density at radius 1 is 0.793 bits per heavy atom. The molecule has 0 aliphatic carbocycles. The van der Waals surface area contributed by atoms with Crippen LogP contribution in [0.1, 0.15) is 18.1 Å². The van der Waals surface area contributed by atoms with Crippen molar-refractivity contribution >= 4 is 11.6 Å². The molecule has 0 aromatic heterocycles. The summed E-state index contributed by atoms with van der Waals surface area (Å²) in [6, 6.07) is 24.8. The molecule has 0 bridgehead atoms. The summed E-state index contributed by atoms with van der Waals surface area (Å²) in [4.78, 5) is 12.3. The van der Waals surface area contributed by atoms with Crippen molar-refractivity contribution in [1.82, 2.24) is 0 Å². The van der Waals surface area contributed by atoms with Gasteiger partial charge in [0.1, 0.15) is 6.61 Å². The minimum absolute atomic E-state index is 0.110. The molecule has 0 heterocycles. The molecule has 0 spiro atoms. The van der Waals surface area contributed by atoms with Gasteiger partial charge in [0.05, 0.1) is 6.61 Å². The van der Waals surface area contributed by atoms with Crippen LogP contribution >= 0.6 is 0 Å². The molecule has 3 aromatic carbocycles. The first-order valence-electron chi connectivity index (χ1n) is 9.59. The standard InChI is InChI=1S/C24H25NO4/c1-2-27-16-20-11-8-12-21(15-20)25-24(26)18-29-23-14-7-6-13-22(23)28-17-19-9-4-3-5-10-19/h3-15H,2,16-18H2,1H3,(H,25,26). The zero-order valence-electron chi connectivity index (χ0n) is 16.5. The van der Waals surface area contributed by atoms with Gasteiger partial charge in [0, 0.05) is 12.3 Å². The fourth-order valence-electron chi connectivity index (χ4n) is 2.72. The lowest BCUT2D eigenvalue weighted by Crippen LogP contribution is -2.20. The monoisotopic (exact) mass is 391 g/mol. The highest BCUT2D eigenvalue weighted by atomic mass is 16.5. The minimum Gasteiger partial charge on any atom is -0.485 e. The third-order valence-corrected chi connectivity index (χ3v) is 4.13. The number of nitrogens with one attached hydrogen (secondary N) is 1. The van der Waals surface area contributed by atoms with E-state index >= 15 is 0 Å². The predicted molar refractivity (Wildman–Crippen MR) is 113 cm³/mol. The molecular formula is C24H25NO4. The Morgan fingerprint density at radius 2 is 1.48 bits per heavy atom. The number of ether oxygens (including phenoxy) is 3. The van der Waals surface area contributed by atoms with E-state index < -0.39 is 0 Å². The fourth-order valence-corrected chi connectivity index (χ4v) is 2.72. The Kier molecular flexibility index (Phi) is 7.66. The van der Waals surface area contributed by atoms with Crippen LogP contribution in [0.25, 0.3) is 0 Å². The highest BCUT2D eigenvalue weighted by molar-refractivity contribution is 5.91. The van der Waals surface area contributed by atoms with Crippen molar-refractivity contribution in [3.05, 3.63) is 90.0 Å². The molecule has 0 fully saturated rings. The highest BCUT2D eigenvalue weighted by Gasteiger charge is 2.09. The lowest BCUT2D eigenvalue weighted by atomic mass is 10.2. The second kappa shape index (κ2) is 10.9. The number of para-hydroxylation sites is 2.